The maximum atomic E-state index is 11.9. The lowest BCUT2D eigenvalue weighted by molar-refractivity contribution is -0.169. The number of amides is 1. The summed E-state index contributed by atoms with van der Waals surface area (Å²) < 4.78 is 15.1. The Morgan fingerprint density at radius 3 is 2.47 bits per heavy atom. The van der Waals surface area contributed by atoms with Crippen molar-refractivity contribution in [3.63, 3.8) is 0 Å². The van der Waals surface area contributed by atoms with Crippen LogP contribution in [0.5, 0.6) is 0 Å². The molecule has 0 aromatic heterocycles. The number of aliphatic hydroxyl groups is 1. The molecule has 1 heterocycles. The molecule has 0 aliphatic carbocycles. The fourth-order valence-corrected chi connectivity index (χ4v) is 1.68. The van der Waals surface area contributed by atoms with Crippen molar-refractivity contribution in [2.45, 2.75) is 38.6 Å². The number of esters is 1. The first-order valence-corrected chi connectivity index (χ1v) is 6.09. The highest BCUT2D eigenvalue weighted by atomic mass is 16.6. The highest BCUT2D eigenvalue weighted by Gasteiger charge is 2.36. The molecule has 1 saturated heterocycles. The molecule has 7 nitrogen and oxygen atoms in total. The molecule has 1 aliphatic rings. The molecule has 7 heteroatoms. The van der Waals surface area contributed by atoms with Crippen molar-refractivity contribution in [3.05, 3.63) is 0 Å². The topological polar surface area (TPSA) is 85.3 Å². The minimum absolute atomic E-state index is 0.0537. The molecular formula is C12H21NO6. The van der Waals surface area contributed by atoms with E-state index in [2.05, 4.69) is 4.74 Å². The highest BCUT2D eigenvalue weighted by molar-refractivity contribution is 5.76. The van der Waals surface area contributed by atoms with Crippen LogP contribution in [-0.4, -0.2) is 66.7 Å². The van der Waals surface area contributed by atoms with E-state index in [4.69, 9.17) is 14.6 Å². The van der Waals surface area contributed by atoms with Crippen LogP contribution in [0, 0.1) is 0 Å². The molecule has 0 radical (unpaired) electrons. The molecular weight excluding hydrogens is 254 g/mol. The van der Waals surface area contributed by atoms with Crippen molar-refractivity contribution in [2.75, 3.05) is 26.8 Å². The van der Waals surface area contributed by atoms with Crippen LogP contribution in [0.4, 0.5) is 4.79 Å². The number of nitrogens with zero attached hydrogens (tertiary/aromatic N) is 1. The van der Waals surface area contributed by atoms with Crippen LogP contribution in [0.2, 0.25) is 0 Å². The van der Waals surface area contributed by atoms with Crippen LogP contribution in [0.3, 0.4) is 0 Å². The van der Waals surface area contributed by atoms with E-state index in [0.29, 0.717) is 0 Å². The summed E-state index contributed by atoms with van der Waals surface area (Å²) in [4.78, 5) is 24.8. The van der Waals surface area contributed by atoms with Crippen LogP contribution < -0.4 is 0 Å². The quantitative estimate of drug-likeness (QED) is 0.722. The van der Waals surface area contributed by atoms with E-state index in [9.17, 15) is 9.59 Å². The zero-order chi connectivity index (χ0) is 14.6. The Morgan fingerprint density at radius 1 is 1.37 bits per heavy atom. The average Bonchev–Trinajstić information content (AvgIpc) is 2.35. The molecule has 0 spiro atoms. The first kappa shape index (κ1) is 15.7. The van der Waals surface area contributed by atoms with Gasteiger partial charge in [-0.3, -0.25) is 0 Å². The zero-order valence-corrected chi connectivity index (χ0v) is 11.7. The van der Waals surface area contributed by atoms with Gasteiger partial charge < -0.3 is 24.2 Å². The normalized spacial score (nSPS) is 23.9. The summed E-state index contributed by atoms with van der Waals surface area (Å²) in [7, 11) is 1.24. The van der Waals surface area contributed by atoms with Gasteiger partial charge in [-0.1, -0.05) is 0 Å². The van der Waals surface area contributed by atoms with Crippen molar-refractivity contribution in [1.29, 1.82) is 0 Å². The summed E-state index contributed by atoms with van der Waals surface area (Å²) in [5.41, 5.74) is -0.620. The molecule has 2 atom stereocenters. The summed E-state index contributed by atoms with van der Waals surface area (Å²) in [6.45, 7) is 5.22. The van der Waals surface area contributed by atoms with Crippen molar-refractivity contribution in [1.82, 2.24) is 4.90 Å². The number of morpholine rings is 1. The van der Waals surface area contributed by atoms with Gasteiger partial charge in [0, 0.05) is 0 Å². The van der Waals surface area contributed by atoms with Crippen LogP contribution in [0.25, 0.3) is 0 Å². The largest absolute Gasteiger partial charge is 0.467 e. The Kier molecular flexibility index (Phi) is 5.13. The van der Waals surface area contributed by atoms with E-state index in [1.54, 1.807) is 20.8 Å². The van der Waals surface area contributed by atoms with Gasteiger partial charge in [0.15, 0.2) is 6.10 Å². The number of hydrogen-bond acceptors (Lipinski definition) is 6. The number of carbonyl (C=O) groups excluding carboxylic acids is 2. The Labute approximate surface area is 112 Å². The Bertz CT molecular complexity index is 338. The van der Waals surface area contributed by atoms with Crippen LogP contribution in [0.15, 0.2) is 0 Å². The van der Waals surface area contributed by atoms with Gasteiger partial charge in [0.2, 0.25) is 0 Å². The predicted octanol–water partition coefficient (Wildman–Crippen LogP) is 0.156. The van der Waals surface area contributed by atoms with Gasteiger partial charge in [-0.05, 0) is 20.8 Å². The maximum absolute atomic E-state index is 11.9. The third kappa shape index (κ3) is 4.68. The van der Waals surface area contributed by atoms with Gasteiger partial charge >= 0.3 is 12.1 Å². The summed E-state index contributed by atoms with van der Waals surface area (Å²) in [5, 5.41) is 9.14. The lowest BCUT2D eigenvalue weighted by Gasteiger charge is -2.36. The van der Waals surface area contributed by atoms with Gasteiger partial charge in [-0.2, -0.15) is 0 Å². The summed E-state index contributed by atoms with van der Waals surface area (Å²) in [6, 6.07) is 0. The molecule has 0 aromatic rings. The third-order valence-corrected chi connectivity index (χ3v) is 2.49. The van der Waals surface area contributed by atoms with Crippen molar-refractivity contribution in [3.8, 4) is 0 Å². The molecule has 1 rings (SSSR count). The van der Waals surface area contributed by atoms with E-state index in [0.717, 1.165) is 0 Å². The summed E-state index contributed by atoms with van der Waals surface area (Å²) in [5.74, 6) is -0.577. The lowest BCUT2D eigenvalue weighted by atomic mass is 10.2. The summed E-state index contributed by atoms with van der Waals surface area (Å²) in [6.07, 6.45) is -2.06. The third-order valence-electron chi connectivity index (χ3n) is 2.49. The van der Waals surface area contributed by atoms with Gasteiger partial charge in [0.25, 0.3) is 0 Å². The number of ether oxygens (including phenoxy) is 3. The van der Waals surface area contributed by atoms with Gasteiger partial charge in [-0.25, -0.2) is 9.59 Å². The van der Waals surface area contributed by atoms with E-state index in [1.807, 2.05) is 0 Å². The second kappa shape index (κ2) is 6.21. The molecule has 19 heavy (non-hydrogen) atoms. The zero-order valence-electron chi connectivity index (χ0n) is 11.7. The molecule has 110 valence electrons. The van der Waals surface area contributed by atoms with Crippen molar-refractivity contribution >= 4 is 12.1 Å². The van der Waals surface area contributed by atoms with Crippen LogP contribution >= 0.6 is 0 Å². The predicted molar refractivity (Wildman–Crippen MR) is 65.6 cm³/mol. The molecule has 0 bridgehead atoms. The Hall–Kier alpha value is -1.34. The average molecular weight is 275 g/mol. The number of carbonyl (C=O) groups is 2. The van der Waals surface area contributed by atoms with E-state index < -0.39 is 29.9 Å². The fourth-order valence-electron chi connectivity index (χ4n) is 1.68. The van der Waals surface area contributed by atoms with Crippen LogP contribution in [-0.2, 0) is 19.0 Å². The monoisotopic (exact) mass is 275 g/mol. The number of aliphatic hydroxyl groups excluding tert-OH is 1. The van der Waals surface area contributed by atoms with Gasteiger partial charge in [-0.15, -0.1) is 0 Å². The molecule has 1 fully saturated rings. The molecule has 1 N–H and O–H groups in total. The standard InChI is InChI=1S/C12H21NO6/c1-12(2,3)19-11(16)13-5-8(7-14)18-9(6-13)10(15)17-4/h8-9,14H,5-7H2,1-4H3. The fraction of sp³-hybridized carbons (Fsp3) is 0.833. The van der Waals surface area contributed by atoms with Gasteiger partial charge in [0.05, 0.1) is 32.9 Å². The summed E-state index contributed by atoms with van der Waals surface area (Å²) >= 11 is 0. The molecule has 0 saturated carbocycles. The first-order chi connectivity index (χ1) is 8.76. The van der Waals surface area contributed by atoms with Crippen molar-refractivity contribution < 1.29 is 28.9 Å². The lowest BCUT2D eigenvalue weighted by Crippen LogP contribution is -2.54. The second-order valence-corrected chi connectivity index (χ2v) is 5.34. The Morgan fingerprint density at radius 2 is 2.00 bits per heavy atom. The minimum atomic E-state index is -0.900. The molecule has 0 aromatic carbocycles. The highest BCUT2D eigenvalue weighted by Crippen LogP contribution is 2.16. The van der Waals surface area contributed by atoms with Gasteiger partial charge in [0.1, 0.15) is 5.60 Å². The number of hydrogen-bond donors (Lipinski definition) is 1. The van der Waals surface area contributed by atoms with E-state index in [1.165, 1.54) is 12.0 Å². The number of methoxy groups -OCH3 is 1. The first-order valence-electron chi connectivity index (χ1n) is 6.09. The number of rotatable bonds is 2. The Balaban J connectivity index is 2.71. The maximum Gasteiger partial charge on any atom is 0.410 e. The SMILES string of the molecule is COC(=O)C1CN(C(=O)OC(C)(C)C)CC(CO)O1. The van der Waals surface area contributed by atoms with E-state index >= 15 is 0 Å². The van der Waals surface area contributed by atoms with Crippen LogP contribution in [0.1, 0.15) is 20.8 Å². The second-order valence-electron chi connectivity index (χ2n) is 5.34. The molecule has 1 amide bonds. The molecule has 2 unspecified atom stereocenters. The minimum Gasteiger partial charge on any atom is -0.467 e. The molecule has 1 aliphatic heterocycles. The van der Waals surface area contributed by atoms with E-state index in [-0.39, 0.29) is 19.7 Å². The van der Waals surface area contributed by atoms with Crippen molar-refractivity contribution in [2.24, 2.45) is 0 Å². The smallest absolute Gasteiger partial charge is 0.410 e.